The van der Waals surface area contributed by atoms with Crippen molar-refractivity contribution in [2.45, 2.75) is 25.6 Å². The third kappa shape index (κ3) is 2.28. The lowest BCUT2D eigenvalue weighted by atomic mass is 10.0. The lowest BCUT2D eigenvalue weighted by Crippen LogP contribution is -2.32. The number of carbonyl (C=O) groups is 1. The molecule has 0 bridgehead atoms. The third-order valence-electron chi connectivity index (χ3n) is 3.77. The summed E-state index contributed by atoms with van der Waals surface area (Å²) < 4.78 is 10.8. The summed E-state index contributed by atoms with van der Waals surface area (Å²) in [6.45, 7) is 3.46. The summed E-state index contributed by atoms with van der Waals surface area (Å²) in [5, 5.41) is 0. The van der Waals surface area contributed by atoms with Crippen molar-refractivity contribution < 1.29 is 14.3 Å². The maximum Gasteiger partial charge on any atom is 0.291 e. The molecule has 6 nitrogen and oxygen atoms in total. The van der Waals surface area contributed by atoms with Crippen LogP contribution in [0.15, 0.2) is 12.4 Å². The molecule has 2 saturated heterocycles. The van der Waals surface area contributed by atoms with Gasteiger partial charge < -0.3 is 14.4 Å². The zero-order chi connectivity index (χ0) is 13.4. The number of likely N-dealkylation sites (tertiary alicyclic amines) is 1. The van der Waals surface area contributed by atoms with Crippen LogP contribution in [0.3, 0.4) is 0 Å². The first-order valence-corrected chi connectivity index (χ1v) is 6.48. The topological polar surface area (TPSA) is 64.5 Å². The van der Waals surface area contributed by atoms with Crippen molar-refractivity contribution in [3.63, 3.8) is 0 Å². The quantitative estimate of drug-likeness (QED) is 0.787. The lowest BCUT2D eigenvalue weighted by molar-refractivity contribution is 0.0439. The smallest absolute Gasteiger partial charge is 0.291 e. The van der Waals surface area contributed by atoms with E-state index in [-0.39, 0.29) is 17.8 Å². The Bertz CT molecular complexity index is 463. The fourth-order valence-corrected chi connectivity index (χ4v) is 2.84. The van der Waals surface area contributed by atoms with E-state index in [2.05, 4.69) is 16.9 Å². The number of ether oxygens (including phenoxy) is 2. The van der Waals surface area contributed by atoms with E-state index in [0.29, 0.717) is 24.3 Å². The van der Waals surface area contributed by atoms with Gasteiger partial charge >= 0.3 is 0 Å². The molecule has 0 unspecified atom stereocenters. The fourth-order valence-electron chi connectivity index (χ4n) is 2.84. The molecule has 0 spiro atoms. The van der Waals surface area contributed by atoms with E-state index in [1.807, 2.05) is 0 Å². The molecule has 3 rings (SSSR count). The molecule has 0 aliphatic carbocycles. The zero-order valence-electron chi connectivity index (χ0n) is 11.1. The summed E-state index contributed by atoms with van der Waals surface area (Å²) in [6.07, 6.45) is 4.53. The van der Waals surface area contributed by atoms with Crippen LogP contribution in [0.5, 0.6) is 5.75 Å². The number of rotatable bonds is 2. The Kier molecular flexibility index (Phi) is 3.10. The lowest BCUT2D eigenvalue weighted by Gasteiger charge is -2.17. The van der Waals surface area contributed by atoms with Crippen molar-refractivity contribution in [2.75, 3.05) is 20.2 Å². The highest BCUT2D eigenvalue weighted by molar-refractivity contribution is 5.90. The van der Waals surface area contributed by atoms with Gasteiger partial charge in [0.2, 0.25) is 5.82 Å². The highest BCUT2D eigenvalue weighted by Gasteiger charge is 2.42. The van der Waals surface area contributed by atoms with Crippen LogP contribution in [-0.4, -0.2) is 53.2 Å². The second kappa shape index (κ2) is 4.77. The summed E-state index contributed by atoms with van der Waals surface area (Å²) in [5.74, 6) is 1.09. The molecular formula is C13H17N3O3. The molecule has 0 radical (unpaired) electrons. The SMILES string of the molecule is COc1cnc(C(=O)N2C[C@H]3C[C@H](C)O[C@H]3C2)nc1. The highest BCUT2D eigenvalue weighted by Crippen LogP contribution is 2.33. The van der Waals surface area contributed by atoms with Crippen molar-refractivity contribution in [3.8, 4) is 5.75 Å². The summed E-state index contributed by atoms with van der Waals surface area (Å²) in [6, 6.07) is 0. The summed E-state index contributed by atoms with van der Waals surface area (Å²) in [4.78, 5) is 22.1. The van der Waals surface area contributed by atoms with Crippen molar-refractivity contribution in [1.82, 2.24) is 14.9 Å². The van der Waals surface area contributed by atoms with Crippen LogP contribution >= 0.6 is 0 Å². The Hall–Kier alpha value is -1.69. The normalized spacial score (nSPS) is 29.4. The molecule has 2 fully saturated rings. The number of nitrogens with zero attached hydrogens (tertiary/aromatic N) is 3. The van der Waals surface area contributed by atoms with E-state index in [0.717, 1.165) is 13.0 Å². The number of amides is 1. The van der Waals surface area contributed by atoms with Gasteiger partial charge in [-0.2, -0.15) is 0 Å². The number of methoxy groups -OCH3 is 1. The first-order valence-electron chi connectivity index (χ1n) is 6.48. The van der Waals surface area contributed by atoms with Gasteiger partial charge in [0.25, 0.3) is 5.91 Å². The van der Waals surface area contributed by atoms with Crippen molar-refractivity contribution in [2.24, 2.45) is 5.92 Å². The van der Waals surface area contributed by atoms with Gasteiger partial charge in [0.15, 0.2) is 5.75 Å². The monoisotopic (exact) mass is 263 g/mol. The second-order valence-corrected chi connectivity index (χ2v) is 5.14. The van der Waals surface area contributed by atoms with Crippen LogP contribution < -0.4 is 4.74 Å². The van der Waals surface area contributed by atoms with Gasteiger partial charge in [-0.15, -0.1) is 0 Å². The van der Waals surface area contributed by atoms with Gasteiger partial charge in [0.05, 0.1) is 31.7 Å². The summed E-state index contributed by atoms with van der Waals surface area (Å²) in [7, 11) is 1.54. The van der Waals surface area contributed by atoms with Crippen LogP contribution in [0, 0.1) is 5.92 Å². The Morgan fingerprint density at radius 1 is 1.42 bits per heavy atom. The molecule has 6 heteroatoms. The van der Waals surface area contributed by atoms with Gasteiger partial charge in [-0.1, -0.05) is 0 Å². The molecule has 1 aromatic rings. The average Bonchev–Trinajstić information content (AvgIpc) is 2.95. The standard InChI is InChI=1S/C13H17N3O3/c1-8-3-9-6-16(7-11(9)19-8)13(17)12-14-4-10(18-2)5-15-12/h4-5,8-9,11H,3,6-7H2,1-2H3/t8-,9+,11-/m0/s1. The predicted molar refractivity (Wildman–Crippen MR) is 66.9 cm³/mol. The second-order valence-electron chi connectivity index (χ2n) is 5.14. The minimum atomic E-state index is -0.131. The Morgan fingerprint density at radius 3 is 2.79 bits per heavy atom. The molecule has 102 valence electrons. The maximum absolute atomic E-state index is 12.3. The van der Waals surface area contributed by atoms with Crippen LogP contribution in [-0.2, 0) is 4.74 Å². The first kappa shape index (κ1) is 12.3. The number of hydrogen-bond donors (Lipinski definition) is 0. The molecular weight excluding hydrogens is 246 g/mol. The molecule has 0 saturated carbocycles. The molecule has 3 heterocycles. The van der Waals surface area contributed by atoms with Crippen molar-refractivity contribution in [1.29, 1.82) is 0 Å². The first-order chi connectivity index (χ1) is 9.17. The van der Waals surface area contributed by atoms with E-state index in [1.54, 1.807) is 12.0 Å². The Morgan fingerprint density at radius 2 is 2.16 bits per heavy atom. The van der Waals surface area contributed by atoms with Crippen LogP contribution in [0.4, 0.5) is 0 Å². The molecule has 3 atom stereocenters. The zero-order valence-corrected chi connectivity index (χ0v) is 11.1. The molecule has 0 aromatic carbocycles. The van der Waals surface area contributed by atoms with Gasteiger partial charge in [-0.25, -0.2) is 9.97 Å². The molecule has 0 N–H and O–H groups in total. The van der Waals surface area contributed by atoms with Gasteiger partial charge in [0, 0.05) is 19.0 Å². The largest absolute Gasteiger partial charge is 0.494 e. The molecule has 19 heavy (non-hydrogen) atoms. The molecule has 1 amide bonds. The Balaban J connectivity index is 1.68. The van der Waals surface area contributed by atoms with Crippen LogP contribution in [0.2, 0.25) is 0 Å². The van der Waals surface area contributed by atoms with E-state index in [4.69, 9.17) is 9.47 Å². The van der Waals surface area contributed by atoms with Crippen LogP contribution in [0.25, 0.3) is 0 Å². The average molecular weight is 263 g/mol. The van der Waals surface area contributed by atoms with Crippen molar-refractivity contribution in [3.05, 3.63) is 18.2 Å². The maximum atomic E-state index is 12.3. The minimum Gasteiger partial charge on any atom is -0.494 e. The minimum absolute atomic E-state index is 0.131. The van der Waals surface area contributed by atoms with Gasteiger partial charge in [-0.05, 0) is 13.3 Å². The fraction of sp³-hybridized carbons (Fsp3) is 0.615. The highest BCUT2D eigenvalue weighted by atomic mass is 16.5. The van der Waals surface area contributed by atoms with E-state index in [9.17, 15) is 4.79 Å². The third-order valence-corrected chi connectivity index (χ3v) is 3.77. The van der Waals surface area contributed by atoms with Crippen LogP contribution in [0.1, 0.15) is 24.0 Å². The van der Waals surface area contributed by atoms with E-state index >= 15 is 0 Å². The number of carbonyl (C=O) groups excluding carboxylic acids is 1. The molecule has 1 aromatic heterocycles. The Labute approximate surface area is 111 Å². The molecule has 2 aliphatic rings. The van der Waals surface area contributed by atoms with Crippen molar-refractivity contribution >= 4 is 5.91 Å². The van der Waals surface area contributed by atoms with Gasteiger partial charge in [0.1, 0.15) is 0 Å². The number of hydrogen-bond acceptors (Lipinski definition) is 5. The molecule has 2 aliphatic heterocycles. The number of fused-ring (bicyclic) bond motifs is 1. The summed E-state index contributed by atoms with van der Waals surface area (Å²) >= 11 is 0. The number of aromatic nitrogens is 2. The predicted octanol–water partition coefficient (Wildman–Crippen LogP) is 0.735. The van der Waals surface area contributed by atoms with Gasteiger partial charge in [-0.3, -0.25) is 4.79 Å². The van der Waals surface area contributed by atoms with E-state index < -0.39 is 0 Å². The van der Waals surface area contributed by atoms with E-state index in [1.165, 1.54) is 12.4 Å². The summed E-state index contributed by atoms with van der Waals surface area (Å²) in [5.41, 5.74) is 0.